The van der Waals surface area contributed by atoms with E-state index in [1.807, 2.05) is 6.07 Å². The fraction of sp³-hybridized carbons (Fsp3) is 0.174. The lowest BCUT2D eigenvalue weighted by Crippen LogP contribution is -2.36. The second kappa shape index (κ2) is 8.92. The second-order valence-corrected chi connectivity index (χ2v) is 9.35. The van der Waals surface area contributed by atoms with Crippen molar-refractivity contribution in [2.45, 2.75) is 4.90 Å². The molecule has 0 bridgehead atoms. The highest BCUT2D eigenvalue weighted by molar-refractivity contribution is 7.92. The van der Waals surface area contributed by atoms with Gasteiger partial charge in [0.15, 0.2) is 0 Å². The molecule has 8 nitrogen and oxygen atoms in total. The Hall–Kier alpha value is -3.70. The summed E-state index contributed by atoms with van der Waals surface area (Å²) in [6, 6.07) is 9.43. The average molecular weight is 484 g/mol. The van der Waals surface area contributed by atoms with Crippen LogP contribution in [0.25, 0.3) is 22.2 Å². The van der Waals surface area contributed by atoms with Gasteiger partial charge in [-0.25, -0.2) is 22.2 Å². The maximum Gasteiger partial charge on any atom is 0.263 e. The van der Waals surface area contributed by atoms with Crippen molar-refractivity contribution in [2.24, 2.45) is 0 Å². The largest absolute Gasteiger partial charge is 0.378 e. The van der Waals surface area contributed by atoms with Gasteiger partial charge in [0, 0.05) is 37.1 Å². The van der Waals surface area contributed by atoms with E-state index in [-0.39, 0.29) is 10.6 Å². The predicted molar refractivity (Wildman–Crippen MR) is 123 cm³/mol. The minimum absolute atomic E-state index is 0.165. The van der Waals surface area contributed by atoms with Gasteiger partial charge in [-0.05, 0) is 35.9 Å². The number of nitrogens with one attached hydrogen (secondary N) is 1. The van der Waals surface area contributed by atoms with Gasteiger partial charge in [0.05, 0.1) is 36.1 Å². The van der Waals surface area contributed by atoms with Crippen LogP contribution in [0.3, 0.4) is 0 Å². The van der Waals surface area contributed by atoms with Gasteiger partial charge in [-0.3, -0.25) is 14.7 Å². The van der Waals surface area contributed by atoms with Crippen molar-refractivity contribution in [3.05, 3.63) is 72.7 Å². The van der Waals surface area contributed by atoms with Gasteiger partial charge in [0.25, 0.3) is 10.0 Å². The summed E-state index contributed by atoms with van der Waals surface area (Å²) in [5, 5.41) is 0. The van der Waals surface area contributed by atoms with E-state index < -0.39 is 21.7 Å². The van der Waals surface area contributed by atoms with E-state index in [1.54, 1.807) is 18.3 Å². The zero-order valence-corrected chi connectivity index (χ0v) is 18.6. The molecular weight excluding hydrogens is 464 g/mol. The number of benzene rings is 2. The van der Waals surface area contributed by atoms with Crippen LogP contribution in [-0.4, -0.2) is 49.7 Å². The van der Waals surface area contributed by atoms with Crippen LogP contribution in [0.15, 0.2) is 66.0 Å². The number of aromatic nitrogens is 3. The molecule has 1 fully saturated rings. The Morgan fingerprint density at radius 2 is 1.74 bits per heavy atom. The normalized spacial score (nSPS) is 14.4. The molecule has 1 aliphatic heterocycles. The molecule has 0 aliphatic carbocycles. The Kier molecular flexibility index (Phi) is 5.80. The van der Waals surface area contributed by atoms with Gasteiger partial charge >= 0.3 is 0 Å². The molecule has 11 heteroatoms. The van der Waals surface area contributed by atoms with Crippen molar-refractivity contribution < 1.29 is 21.9 Å². The minimum Gasteiger partial charge on any atom is -0.378 e. The molecule has 1 aliphatic rings. The van der Waals surface area contributed by atoms with Gasteiger partial charge in [-0.15, -0.1) is 0 Å². The third-order valence-electron chi connectivity index (χ3n) is 5.40. The molecule has 2 aromatic heterocycles. The number of hydrogen-bond acceptors (Lipinski definition) is 7. The first kappa shape index (κ1) is 22.1. The third-order valence-corrected chi connectivity index (χ3v) is 6.73. The van der Waals surface area contributed by atoms with Crippen molar-refractivity contribution >= 4 is 32.6 Å². The maximum absolute atomic E-state index is 14.0. The first-order valence-electron chi connectivity index (χ1n) is 10.4. The second-order valence-electron chi connectivity index (χ2n) is 7.67. The summed E-state index contributed by atoms with van der Waals surface area (Å²) < 4.78 is 60.2. The van der Waals surface area contributed by atoms with Gasteiger partial charge < -0.3 is 9.64 Å². The number of hydrogen-bond donors (Lipinski definition) is 1. The molecule has 1 saturated heterocycles. The number of anilines is 2. The third kappa shape index (κ3) is 4.52. The maximum atomic E-state index is 14.0. The Morgan fingerprint density at radius 1 is 0.912 bits per heavy atom. The van der Waals surface area contributed by atoms with Crippen molar-refractivity contribution in [1.29, 1.82) is 0 Å². The molecule has 5 rings (SSSR count). The number of fused-ring (bicyclic) bond motifs is 1. The monoisotopic (exact) mass is 483 g/mol. The Balaban J connectivity index is 1.46. The summed E-state index contributed by atoms with van der Waals surface area (Å²) >= 11 is 0. The quantitative estimate of drug-likeness (QED) is 0.463. The summed E-state index contributed by atoms with van der Waals surface area (Å²) in [4.78, 5) is 15.2. The van der Waals surface area contributed by atoms with Crippen LogP contribution in [0.4, 0.5) is 20.3 Å². The average Bonchev–Trinajstić information content (AvgIpc) is 2.86. The van der Waals surface area contributed by atoms with Crippen molar-refractivity contribution in [1.82, 2.24) is 15.0 Å². The van der Waals surface area contributed by atoms with E-state index in [0.29, 0.717) is 41.4 Å². The summed E-state index contributed by atoms with van der Waals surface area (Å²) in [5.41, 5.74) is 2.22. The molecule has 1 N–H and O–H groups in total. The number of sulfonamides is 1. The molecule has 0 unspecified atom stereocenters. The Morgan fingerprint density at radius 3 is 2.53 bits per heavy atom. The summed E-state index contributed by atoms with van der Waals surface area (Å²) in [6.45, 7) is 2.71. The fourth-order valence-electron chi connectivity index (χ4n) is 3.63. The summed E-state index contributed by atoms with van der Waals surface area (Å²) in [5.74, 6) is -1.08. The standard InChI is InChI=1S/C23H19F2N5O3S/c24-17-2-4-20(19(25)11-17)29-34(31,32)18-9-16(12-26-13-18)15-1-3-21-22(10-15)28-23(14-27-21)30-5-7-33-8-6-30/h1-4,9-14,29H,5-8H2. The number of ether oxygens (including phenoxy) is 1. The lowest BCUT2D eigenvalue weighted by Gasteiger charge is -2.27. The molecule has 34 heavy (non-hydrogen) atoms. The highest BCUT2D eigenvalue weighted by Gasteiger charge is 2.19. The lowest BCUT2D eigenvalue weighted by molar-refractivity contribution is 0.122. The van der Waals surface area contributed by atoms with Crippen molar-refractivity contribution in [3.63, 3.8) is 0 Å². The van der Waals surface area contributed by atoms with Gasteiger partial charge in [0.2, 0.25) is 0 Å². The zero-order chi connectivity index (χ0) is 23.7. The Bertz CT molecular complexity index is 1480. The number of nitrogens with zero attached hydrogens (tertiary/aromatic N) is 4. The van der Waals surface area contributed by atoms with E-state index in [0.717, 1.165) is 37.2 Å². The van der Waals surface area contributed by atoms with Crippen LogP contribution in [-0.2, 0) is 14.8 Å². The van der Waals surface area contributed by atoms with Gasteiger partial charge in [-0.2, -0.15) is 0 Å². The van der Waals surface area contributed by atoms with E-state index in [2.05, 4.69) is 19.6 Å². The first-order valence-corrected chi connectivity index (χ1v) is 11.9. The molecule has 174 valence electrons. The van der Waals surface area contributed by atoms with Crippen LogP contribution in [0.5, 0.6) is 0 Å². The van der Waals surface area contributed by atoms with Crippen LogP contribution >= 0.6 is 0 Å². The number of rotatable bonds is 5. The highest BCUT2D eigenvalue weighted by atomic mass is 32.2. The van der Waals surface area contributed by atoms with Gasteiger partial charge in [0.1, 0.15) is 22.3 Å². The molecule has 0 amide bonds. The molecule has 2 aromatic carbocycles. The zero-order valence-electron chi connectivity index (χ0n) is 17.8. The smallest absolute Gasteiger partial charge is 0.263 e. The molecular formula is C23H19F2N5O3S. The number of morpholine rings is 1. The first-order chi connectivity index (χ1) is 16.4. The van der Waals surface area contributed by atoms with E-state index in [1.165, 1.54) is 12.3 Å². The van der Waals surface area contributed by atoms with Crippen molar-refractivity contribution in [2.75, 3.05) is 35.9 Å². The highest BCUT2D eigenvalue weighted by Crippen LogP contribution is 2.27. The Labute approximate surface area is 194 Å². The molecule has 0 spiro atoms. The molecule has 0 radical (unpaired) electrons. The summed E-state index contributed by atoms with van der Waals surface area (Å²) in [7, 11) is -4.16. The fourth-order valence-corrected chi connectivity index (χ4v) is 4.68. The van der Waals surface area contributed by atoms with Crippen molar-refractivity contribution in [3.8, 4) is 11.1 Å². The van der Waals surface area contributed by atoms with Crippen LogP contribution in [0.2, 0.25) is 0 Å². The van der Waals surface area contributed by atoms with Crippen LogP contribution < -0.4 is 9.62 Å². The predicted octanol–water partition coefficient (Wildman–Crippen LogP) is 3.61. The molecule has 4 aromatic rings. The van der Waals surface area contributed by atoms with Crippen LogP contribution in [0.1, 0.15) is 0 Å². The number of pyridine rings is 1. The van der Waals surface area contributed by atoms with E-state index in [4.69, 9.17) is 9.72 Å². The molecule has 0 saturated carbocycles. The topological polar surface area (TPSA) is 97.3 Å². The SMILES string of the molecule is O=S(=O)(Nc1ccc(F)cc1F)c1cncc(-c2ccc3ncc(N4CCOCC4)nc3c2)c1. The van der Waals surface area contributed by atoms with Crippen LogP contribution in [0, 0.1) is 11.6 Å². The molecule has 0 atom stereocenters. The number of halogens is 2. The van der Waals surface area contributed by atoms with E-state index in [9.17, 15) is 17.2 Å². The summed E-state index contributed by atoms with van der Waals surface area (Å²) in [6.07, 6.45) is 4.41. The molecule has 3 heterocycles. The van der Waals surface area contributed by atoms with E-state index >= 15 is 0 Å². The minimum atomic E-state index is -4.16. The lowest BCUT2D eigenvalue weighted by atomic mass is 10.1. The van der Waals surface area contributed by atoms with Gasteiger partial charge in [-0.1, -0.05) is 6.07 Å².